The Bertz CT molecular complexity index is 335. The molecule has 0 aliphatic rings. The van der Waals surface area contributed by atoms with Crippen molar-refractivity contribution in [2.75, 3.05) is 0 Å². The second-order valence-corrected chi connectivity index (χ2v) is 6.10. The van der Waals surface area contributed by atoms with Crippen LogP contribution < -0.4 is 0 Å². The highest BCUT2D eigenvalue weighted by Crippen LogP contribution is 2.11. The smallest absolute Gasteiger partial charge is 0.133 e. The van der Waals surface area contributed by atoms with Crippen LogP contribution in [0.25, 0.3) is 0 Å². The van der Waals surface area contributed by atoms with Gasteiger partial charge in [0.15, 0.2) is 0 Å². The molecule has 126 valence electrons. The molecule has 0 rings (SSSR count). The molecule has 0 aliphatic heterocycles. The topological polar surface area (TPSA) is 68.3 Å². The lowest BCUT2D eigenvalue weighted by Crippen LogP contribution is -2.01. The molecule has 0 fully saturated rings. The van der Waals surface area contributed by atoms with E-state index in [1.165, 1.54) is 13.8 Å². The maximum atomic E-state index is 11.5. The van der Waals surface area contributed by atoms with Crippen LogP contribution in [0.1, 0.15) is 90.9 Å². The minimum absolute atomic E-state index is 0.0752. The molecule has 0 heterocycles. The number of ketones is 4. The van der Waals surface area contributed by atoms with E-state index in [-0.39, 0.29) is 23.1 Å². The molecule has 0 unspecified atom stereocenters. The Balaban J connectivity index is 3.33. The van der Waals surface area contributed by atoms with E-state index in [9.17, 15) is 19.2 Å². The van der Waals surface area contributed by atoms with Gasteiger partial charge in [-0.2, -0.15) is 0 Å². The van der Waals surface area contributed by atoms with Crippen molar-refractivity contribution in [1.82, 2.24) is 0 Å². The fourth-order valence-electron chi connectivity index (χ4n) is 2.23. The van der Waals surface area contributed by atoms with Gasteiger partial charge in [-0.15, -0.1) is 0 Å². The van der Waals surface area contributed by atoms with Crippen LogP contribution in [0.3, 0.4) is 0 Å². The van der Waals surface area contributed by atoms with Crippen molar-refractivity contribution in [3.63, 3.8) is 0 Å². The van der Waals surface area contributed by atoms with Gasteiger partial charge in [-0.1, -0.05) is 25.7 Å². The highest BCUT2D eigenvalue weighted by Gasteiger charge is 2.05. The van der Waals surface area contributed by atoms with E-state index < -0.39 is 0 Å². The first kappa shape index (κ1) is 20.7. The largest absolute Gasteiger partial charge is 0.300 e. The number of carbonyl (C=O) groups is 4. The molecule has 0 aromatic carbocycles. The first-order valence-corrected chi connectivity index (χ1v) is 8.44. The zero-order chi connectivity index (χ0) is 16.8. The predicted molar refractivity (Wildman–Crippen MR) is 86.8 cm³/mol. The van der Waals surface area contributed by atoms with Crippen LogP contribution in [0.15, 0.2) is 0 Å². The molecule has 0 aliphatic carbocycles. The molecule has 0 saturated heterocycles. The first-order chi connectivity index (χ1) is 10.4. The third-order valence-electron chi connectivity index (χ3n) is 3.67. The molecule has 0 amide bonds. The summed E-state index contributed by atoms with van der Waals surface area (Å²) in [7, 11) is 0. The summed E-state index contributed by atoms with van der Waals surface area (Å²) in [6.45, 7) is 3.02. The number of carbonyl (C=O) groups excluding carboxylic acids is 4. The standard InChI is InChI=1S/C18H30O4/c1-15(19)11-13-17(21)9-7-5-3-4-6-8-10-18(22)14-12-16(2)20/h3-14H2,1-2H3. The van der Waals surface area contributed by atoms with E-state index in [2.05, 4.69) is 0 Å². The van der Waals surface area contributed by atoms with Crippen molar-refractivity contribution in [2.24, 2.45) is 0 Å². The van der Waals surface area contributed by atoms with E-state index >= 15 is 0 Å². The van der Waals surface area contributed by atoms with Crippen LogP contribution in [0, 0.1) is 0 Å². The summed E-state index contributed by atoms with van der Waals surface area (Å²) in [4.78, 5) is 44.4. The van der Waals surface area contributed by atoms with Gasteiger partial charge in [-0.05, 0) is 26.7 Å². The zero-order valence-corrected chi connectivity index (χ0v) is 14.1. The van der Waals surface area contributed by atoms with E-state index in [0.717, 1.165) is 38.5 Å². The Hall–Kier alpha value is -1.32. The number of hydrogen-bond donors (Lipinski definition) is 0. The Morgan fingerprint density at radius 3 is 1.09 bits per heavy atom. The molecule has 0 aromatic rings. The van der Waals surface area contributed by atoms with Gasteiger partial charge in [-0.3, -0.25) is 9.59 Å². The molecule has 0 radical (unpaired) electrons. The Kier molecular flexibility index (Phi) is 12.5. The minimum atomic E-state index is 0.0752. The summed E-state index contributed by atoms with van der Waals surface area (Å²) in [5, 5.41) is 0. The third kappa shape index (κ3) is 15.1. The van der Waals surface area contributed by atoms with Crippen LogP contribution in [0.5, 0.6) is 0 Å². The molecule has 22 heavy (non-hydrogen) atoms. The average Bonchev–Trinajstić information content (AvgIpc) is 2.45. The Morgan fingerprint density at radius 2 is 0.773 bits per heavy atom. The van der Waals surface area contributed by atoms with Gasteiger partial charge < -0.3 is 9.59 Å². The predicted octanol–water partition coefficient (Wildman–Crippen LogP) is 3.98. The molecule has 4 heteroatoms. The number of Topliss-reactive ketones (excluding diaryl/α,β-unsaturated/α-hetero) is 4. The average molecular weight is 310 g/mol. The van der Waals surface area contributed by atoms with E-state index in [0.29, 0.717) is 38.5 Å². The van der Waals surface area contributed by atoms with Crippen molar-refractivity contribution >= 4 is 23.1 Å². The van der Waals surface area contributed by atoms with Crippen LogP contribution >= 0.6 is 0 Å². The summed E-state index contributed by atoms with van der Waals surface area (Å²) >= 11 is 0. The molecule has 4 nitrogen and oxygen atoms in total. The Morgan fingerprint density at radius 1 is 0.455 bits per heavy atom. The molecule has 0 aromatic heterocycles. The molecular weight excluding hydrogens is 280 g/mol. The normalized spacial score (nSPS) is 10.5. The lowest BCUT2D eigenvalue weighted by Gasteiger charge is -2.02. The fraction of sp³-hybridized carbons (Fsp3) is 0.778. The summed E-state index contributed by atoms with van der Waals surface area (Å²) in [6.07, 6.45) is 8.70. The van der Waals surface area contributed by atoms with Gasteiger partial charge >= 0.3 is 0 Å². The quantitative estimate of drug-likeness (QED) is 0.429. The molecule has 0 saturated carbocycles. The van der Waals surface area contributed by atoms with Crippen molar-refractivity contribution in [1.29, 1.82) is 0 Å². The van der Waals surface area contributed by atoms with E-state index in [4.69, 9.17) is 0 Å². The van der Waals surface area contributed by atoms with Gasteiger partial charge in [-0.25, -0.2) is 0 Å². The van der Waals surface area contributed by atoms with Gasteiger partial charge in [0.1, 0.15) is 23.1 Å². The second kappa shape index (κ2) is 13.4. The highest BCUT2D eigenvalue weighted by molar-refractivity contribution is 5.85. The Labute approximate surface area is 134 Å². The number of unbranched alkanes of at least 4 members (excludes halogenated alkanes) is 5. The van der Waals surface area contributed by atoms with E-state index in [1.54, 1.807) is 0 Å². The van der Waals surface area contributed by atoms with Crippen molar-refractivity contribution in [3.8, 4) is 0 Å². The lowest BCUT2D eigenvalue weighted by molar-refractivity contribution is -0.123. The van der Waals surface area contributed by atoms with Gasteiger partial charge in [0, 0.05) is 38.5 Å². The van der Waals surface area contributed by atoms with Crippen LogP contribution in [0.2, 0.25) is 0 Å². The van der Waals surface area contributed by atoms with Crippen LogP contribution in [0.4, 0.5) is 0 Å². The maximum absolute atomic E-state index is 11.5. The minimum Gasteiger partial charge on any atom is -0.300 e. The van der Waals surface area contributed by atoms with Crippen molar-refractivity contribution in [2.45, 2.75) is 90.9 Å². The molecule has 0 spiro atoms. The van der Waals surface area contributed by atoms with Gasteiger partial charge in [0.05, 0.1) is 0 Å². The first-order valence-electron chi connectivity index (χ1n) is 8.44. The summed E-state index contributed by atoms with van der Waals surface area (Å²) in [5.41, 5.74) is 0. The fourth-order valence-corrected chi connectivity index (χ4v) is 2.23. The highest BCUT2D eigenvalue weighted by atomic mass is 16.1. The third-order valence-corrected chi connectivity index (χ3v) is 3.67. The second-order valence-electron chi connectivity index (χ2n) is 6.10. The van der Waals surface area contributed by atoms with E-state index in [1.807, 2.05) is 0 Å². The molecule has 0 N–H and O–H groups in total. The van der Waals surface area contributed by atoms with Gasteiger partial charge in [0.2, 0.25) is 0 Å². The number of hydrogen-bond acceptors (Lipinski definition) is 4. The lowest BCUT2D eigenvalue weighted by atomic mass is 10.0. The maximum Gasteiger partial charge on any atom is 0.133 e. The van der Waals surface area contributed by atoms with Crippen LogP contribution in [-0.4, -0.2) is 23.1 Å². The molecule has 0 bridgehead atoms. The number of rotatable bonds is 15. The SMILES string of the molecule is CC(=O)CCC(=O)CCCCCCCCC(=O)CCC(C)=O. The molecule has 0 atom stereocenters. The summed E-state index contributed by atoms with van der Waals surface area (Å²) in [5.74, 6) is 0.523. The summed E-state index contributed by atoms with van der Waals surface area (Å²) < 4.78 is 0. The summed E-state index contributed by atoms with van der Waals surface area (Å²) in [6, 6.07) is 0. The monoisotopic (exact) mass is 310 g/mol. The zero-order valence-electron chi connectivity index (χ0n) is 14.1. The molecular formula is C18H30O4. The van der Waals surface area contributed by atoms with Crippen molar-refractivity contribution in [3.05, 3.63) is 0 Å². The van der Waals surface area contributed by atoms with Crippen molar-refractivity contribution < 1.29 is 19.2 Å². The van der Waals surface area contributed by atoms with Crippen LogP contribution in [-0.2, 0) is 19.2 Å². The van der Waals surface area contributed by atoms with Gasteiger partial charge in [0.25, 0.3) is 0 Å².